The molecule has 3 heterocycles. The summed E-state index contributed by atoms with van der Waals surface area (Å²) in [6.07, 6.45) is -5.07. The molecule has 2 fully saturated rings. The fourth-order valence-corrected chi connectivity index (χ4v) is 14.4. The van der Waals surface area contributed by atoms with Gasteiger partial charge in [0.25, 0.3) is 0 Å². The number of guanidine groups is 1. The van der Waals surface area contributed by atoms with Crippen molar-refractivity contribution >= 4 is 144 Å². The number of halogens is 1. The maximum atomic E-state index is 15.3. The number of ether oxygens (including phenoxy) is 1. The maximum absolute atomic E-state index is 15.3. The van der Waals surface area contributed by atoms with Gasteiger partial charge in [0.2, 0.25) is 95.0 Å². The highest BCUT2D eigenvalue weighted by Crippen LogP contribution is 2.26. The van der Waals surface area contributed by atoms with Gasteiger partial charge in [0.15, 0.2) is 0 Å². The molecule has 0 radical (unpaired) electrons. The SMILES string of the molecule is CC(C)C(NC(=O)[C@@H]1CCCN1C(=O)[C@H](Cc1ccc(Br)cc1)NC(=O)[C@@H](C)NC=O)C(=O)NC(C(=O)N[C@H](Cc1c[nH]c2ccccc12)C(=O)N[C@@H](CCCNC(N)=[NH2+])C(=O)N[C@H](CS(=O)(=O)[O-])C(=O)NC1C(=O)N(C)[C@@H](CCC(N)=O)C(=O)N[C@H](Cc2ccccc2)C(=O)N[C@@H]([C@@H](C)O)C(=O)N[C@@H](CC(N)=O)C(=O)NCC(=O)O[C@@H]1C)C(C)(C)C. The van der Waals surface area contributed by atoms with Crippen LogP contribution in [0.3, 0.4) is 0 Å². The van der Waals surface area contributed by atoms with Gasteiger partial charge in [-0.25, -0.2) is 8.42 Å². The molecule has 42 nitrogen and oxygen atoms in total. The van der Waals surface area contributed by atoms with E-state index in [4.69, 9.17) is 27.3 Å². The third kappa shape index (κ3) is 29.9. The summed E-state index contributed by atoms with van der Waals surface area (Å²) in [6, 6.07) is -0.848. The number of rotatable bonds is 36. The molecule has 0 spiro atoms. The monoisotopic (exact) mass is 1790 g/mol. The number of aliphatic hydroxyl groups is 1. The van der Waals surface area contributed by atoms with Crippen LogP contribution in [0, 0.1) is 11.3 Å². The molecule has 15 atom stereocenters. The van der Waals surface area contributed by atoms with Gasteiger partial charge in [-0.15, -0.1) is 0 Å². The zero-order valence-electron chi connectivity index (χ0n) is 68.8. The number of likely N-dealkylation sites (tertiary alicyclic amines) is 1. The first-order valence-corrected chi connectivity index (χ1v) is 41.6. The highest BCUT2D eigenvalue weighted by atomic mass is 79.9. The number of hydrogen-bond donors (Lipinski definition) is 19. The molecule has 0 aliphatic carbocycles. The van der Waals surface area contributed by atoms with Crippen molar-refractivity contribution in [2.24, 2.45) is 28.5 Å². The van der Waals surface area contributed by atoms with E-state index >= 15 is 19.2 Å². The van der Waals surface area contributed by atoms with Gasteiger partial charge in [-0.2, -0.15) is 0 Å². The van der Waals surface area contributed by atoms with Crippen molar-refractivity contribution in [2.75, 3.05) is 32.4 Å². The highest BCUT2D eigenvalue weighted by Gasteiger charge is 2.45. The first-order chi connectivity index (χ1) is 57.3. The van der Waals surface area contributed by atoms with Gasteiger partial charge in [-0.1, -0.05) is 111 Å². The van der Waals surface area contributed by atoms with E-state index in [1.165, 1.54) is 18.0 Å². The van der Waals surface area contributed by atoms with Crippen LogP contribution in [-0.2, 0) is 116 Å². The van der Waals surface area contributed by atoms with Crippen molar-refractivity contribution in [1.82, 2.24) is 83.9 Å². The number of aromatic nitrogens is 1. The Bertz CT molecular complexity index is 4610. The number of H-pyrrole nitrogens is 1. The van der Waals surface area contributed by atoms with Crippen molar-refractivity contribution in [1.29, 1.82) is 0 Å². The third-order valence-electron chi connectivity index (χ3n) is 20.1. The summed E-state index contributed by atoms with van der Waals surface area (Å²) in [5.74, 6) is -21.0. The lowest BCUT2D eigenvalue weighted by Gasteiger charge is -2.35. The smallest absolute Gasteiger partial charge is 0.338 e. The number of primary amides is 2. The van der Waals surface area contributed by atoms with Crippen molar-refractivity contribution in [3.8, 4) is 0 Å². The summed E-state index contributed by atoms with van der Waals surface area (Å²) in [5.41, 5.74) is 17.4. The van der Waals surface area contributed by atoms with Gasteiger partial charge in [0, 0.05) is 60.8 Å². The number of aromatic amines is 1. The number of nitrogens with one attached hydrogen (secondary N) is 14. The second-order valence-electron chi connectivity index (χ2n) is 31.2. The number of esters is 1. The number of para-hydroxylation sites is 1. The van der Waals surface area contributed by atoms with Gasteiger partial charge in [0.1, 0.15) is 91.2 Å². The Kier molecular flexibility index (Phi) is 36.7. The Morgan fingerprint density at radius 1 is 0.721 bits per heavy atom. The van der Waals surface area contributed by atoms with Crippen molar-refractivity contribution in [2.45, 2.75) is 210 Å². The normalized spacial score (nSPS) is 20.4. The van der Waals surface area contributed by atoms with E-state index in [0.717, 1.165) is 25.4 Å². The molecule has 3 unspecified atom stereocenters. The fraction of sp³-hybridized carbons (Fsp3) is 0.513. The molecule has 3 aromatic carbocycles. The number of nitrogens with zero attached hydrogens (tertiary/aromatic N) is 2. The summed E-state index contributed by atoms with van der Waals surface area (Å²) in [6.45, 7) is 10.2. The molecule has 122 heavy (non-hydrogen) atoms. The number of amides is 16. The number of likely N-dealkylation sites (N-methyl/N-ethyl adjacent to an activating group) is 1. The second-order valence-corrected chi connectivity index (χ2v) is 33.6. The zero-order valence-corrected chi connectivity index (χ0v) is 71.2. The number of hydrogen-bond acceptors (Lipinski definition) is 22. The fourth-order valence-electron chi connectivity index (χ4n) is 13.5. The average Bonchev–Trinajstić information content (AvgIpc) is 1.61. The van der Waals surface area contributed by atoms with Crippen molar-refractivity contribution in [3.05, 3.63) is 106 Å². The number of carbonyl (C=O) groups is 17. The van der Waals surface area contributed by atoms with Gasteiger partial charge in [0.05, 0.1) is 34.9 Å². The summed E-state index contributed by atoms with van der Waals surface area (Å²) < 4.78 is 45.1. The summed E-state index contributed by atoms with van der Waals surface area (Å²) >= 11 is 3.39. The lowest BCUT2D eigenvalue weighted by Crippen LogP contribution is -2.64. The molecular weight excluding hydrogens is 1680 g/mol. The van der Waals surface area contributed by atoms with Crippen molar-refractivity contribution in [3.63, 3.8) is 0 Å². The van der Waals surface area contributed by atoms with Crippen LogP contribution in [0.2, 0.25) is 0 Å². The van der Waals surface area contributed by atoms with Crippen LogP contribution in [0.1, 0.15) is 117 Å². The standard InChI is InChI=1S/C78H109BrN20O22S/c1-39(2)60(94-71(112)56-22-16-30-99(56)75(116)53(92-64(105)40(3)87-38-100)32-44-23-25-46(79)26-24-44)72(113)97-63(78(6,7)8)74(115)91-51(33-45-35-85-48-20-14-13-19-47(45)48)67(108)88-49(21-15-29-84-77(82)83)66(107)93-54(37-122(118,119)120)69(110)96-62-42(5)121-59(104)36-86-65(106)52(34-58(81)103)90-73(114)61(41(4)101)95-68(109)50(31-43-17-11-10-12-18-43)89-70(111)55(27-28-57(80)102)98(9)76(62)117/h10-14,17-20,23-26,35,38-42,49-56,60-63,85,101H,15-16,21-22,27-34,36-37H2,1-9H3,(H2,80,102)(H2,81,103)(H,86,106)(H,87,100)(H,88,108)(H,89,111)(H,90,114)(H,91,115)(H,92,105)(H,93,107)(H,94,112)(H,95,109)(H,96,110)(H,97,113)(H4,82,83,84)(H,118,119,120)/t40-,41-,42-,49+,50-,51-,52+,53+,54-,55+,56+,60?,61+,62?,63?/m1/s1. The molecular formula is C78H109BrN20O22S. The Labute approximate surface area is 711 Å². The molecule has 2 saturated heterocycles. The minimum absolute atomic E-state index is 0.0140. The zero-order chi connectivity index (χ0) is 90.8. The molecule has 2 aliphatic heterocycles. The molecule has 1 aromatic heterocycles. The third-order valence-corrected chi connectivity index (χ3v) is 21.4. The minimum atomic E-state index is -5.69. The topological polar surface area (TPSA) is 659 Å². The second kappa shape index (κ2) is 45.5. The van der Waals surface area contributed by atoms with Crippen LogP contribution in [-0.4, -0.2) is 263 Å². The van der Waals surface area contributed by atoms with E-state index in [2.05, 4.69) is 90.0 Å². The first-order valence-electron chi connectivity index (χ1n) is 39.2. The van der Waals surface area contributed by atoms with Crippen LogP contribution < -0.4 is 91.7 Å². The molecule has 4 aromatic rings. The number of nitrogens with two attached hydrogens (primary N) is 4. The minimum Gasteiger partial charge on any atom is -0.748 e. The average molecular weight is 1790 g/mol. The predicted octanol–water partition coefficient (Wildman–Crippen LogP) is -6.97. The summed E-state index contributed by atoms with van der Waals surface area (Å²) in [4.78, 5) is 245. The van der Waals surface area contributed by atoms with Crippen LogP contribution >= 0.6 is 15.9 Å². The van der Waals surface area contributed by atoms with E-state index in [0.29, 0.717) is 45.3 Å². The Hall–Kier alpha value is -12.2. The number of benzene rings is 3. The van der Waals surface area contributed by atoms with Gasteiger partial charge in [-0.05, 0) is 99.1 Å². The van der Waals surface area contributed by atoms with Crippen molar-refractivity contribution < 1.29 is 110 Å². The number of aliphatic hydroxyl groups excluding tert-OH is 1. The number of fused-ring (bicyclic) bond motifs is 1. The lowest BCUT2D eigenvalue weighted by molar-refractivity contribution is -0.155. The van der Waals surface area contributed by atoms with Crippen LogP contribution in [0.4, 0.5) is 0 Å². The number of carbonyl (C=O) groups excluding carboxylic acids is 17. The molecule has 44 heteroatoms. The summed E-state index contributed by atoms with van der Waals surface area (Å²) in [7, 11) is -4.74. The molecule has 16 amide bonds. The van der Waals surface area contributed by atoms with E-state index in [1.54, 1.807) is 113 Å². The van der Waals surface area contributed by atoms with E-state index in [-0.39, 0.29) is 51.2 Å². The van der Waals surface area contributed by atoms with E-state index in [9.17, 15) is 80.4 Å². The van der Waals surface area contributed by atoms with E-state index in [1.807, 2.05) is 0 Å². The maximum Gasteiger partial charge on any atom is 0.338 e. The Morgan fingerprint density at radius 2 is 1.34 bits per heavy atom. The lowest BCUT2D eigenvalue weighted by atomic mass is 9.85. The predicted molar refractivity (Wildman–Crippen MR) is 439 cm³/mol. The molecule has 23 N–H and O–H groups in total. The van der Waals surface area contributed by atoms with Crippen LogP contribution in [0.5, 0.6) is 0 Å². The van der Waals surface area contributed by atoms with E-state index < -0.39 is 245 Å². The quantitative estimate of drug-likeness (QED) is 0.00502. The summed E-state index contributed by atoms with van der Waals surface area (Å²) in [5, 5.41) is 48.9. The van der Waals surface area contributed by atoms with Gasteiger partial charge in [-0.3, -0.25) is 98.0 Å². The van der Waals surface area contributed by atoms with Crippen LogP contribution in [0.15, 0.2) is 89.5 Å². The Morgan fingerprint density at radius 3 is 1.96 bits per heavy atom. The van der Waals surface area contributed by atoms with Gasteiger partial charge < -0.3 is 104 Å². The van der Waals surface area contributed by atoms with Crippen LogP contribution in [0.25, 0.3) is 10.9 Å². The number of cyclic esters (lactones) is 1. The molecule has 6 rings (SSSR count). The highest BCUT2D eigenvalue weighted by molar-refractivity contribution is 9.10. The largest absolute Gasteiger partial charge is 0.748 e. The molecule has 0 saturated carbocycles. The first kappa shape index (κ1) is 98.6. The molecule has 666 valence electrons. The molecule has 0 bridgehead atoms. The van der Waals surface area contributed by atoms with Gasteiger partial charge >= 0.3 is 11.9 Å². The Balaban J connectivity index is 1.35. The molecule has 2 aliphatic rings.